The van der Waals surface area contributed by atoms with E-state index in [2.05, 4.69) is 0 Å². The molecule has 15 unspecified atom stereocenters. The minimum atomic E-state index is -2.33. The first kappa shape index (κ1) is 66.9. The normalized spacial score (nSPS) is 36.6. The van der Waals surface area contributed by atoms with Gasteiger partial charge in [0, 0.05) is 49.8 Å². The summed E-state index contributed by atoms with van der Waals surface area (Å²) in [5.74, 6) is -6.30. The van der Waals surface area contributed by atoms with Gasteiger partial charge >= 0.3 is 5.97 Å². The van der Waals surface area contributed by atoms with E-state index in [0.29, 0.717) is 24.1 Å². The van der Waals surface area contributed by atoms with Crippen LogP contribution in [0.3, 0.4) is 0 Å². The molecular formula is C59H88N2O18. The number of nitrogen functional groups attached to an aromatic ring is 1. The zero-order valence-corrected chi connectivity index (χ0v) is 45.5. The number of carbonyl (C=O) groups excluding carboxylic acids is 2. The molecule has 16 N–H and O–H groups in total. The van der Waals surface area contributed by atoms with E-state index in [0.717, 1.165) is 0 Å². The molecule has 20 heteroatoms. The lowest BCUT2D eigenvalue weighted by Crippen LogP contribution is -2.61. The van der Waals surface area contributed by atoms with E-state index in [9.17, 15) is 75.7 Å². The maximum atomic E-state index is 13.5. The molecule has 1 aromatic rings. The summed E-state index contributed by atoms with van der Waals surface area (Å²) >= 11 is 0. The van der Waals surface area contributed by atoms with Crippen molar-refractivity contribution in [3.05, 3.63) is 115 Å². The lowest BCUT2D eigenvalue weighted by molar-refractivity contribution is -0.308. The summed E-state index contributed by atoms with van der Waals surface area (Å²) in [5, 5.41) is 130. The lowest BCUT2D eigenvalue weighted by atomic mass is 9.76. The number of carboxylic acid groups (broad SMARTS) is 1. The Hall–Kier alpha value is -4.59. The van der Waals surface area contributed by atoms with Crippen molar-refractivity contribution >= 4 is 23.2 Å². The van der Waals surface area contributed by atoms with Gasteiger partial charge in [0.25, 0.3) is 0 Å². The molecule has 2 fully saturated rings. The first-order valence-corrected chi connectivity index (χ1v) is 27.4. The number of fused-ring (bicyclic) bond motifs is 2. The molecule has 442 valence electrons. The van der Waals surface area contributed by atoms with E-state index in [4.69, 9.17) is 25.7 Å². The Morgan fingerprint density at radius 3 is 1.73 bits per heavy atom. The summed E-state index contributed by atoms with van der Waals surface area (Å²) in [5.41, 5.74) is 12.8. The number of carboxylic acids is 1. The van der Waals surface area contributed by atoms with Crippen molar-refractivity contribution in [2.24, 2.45) is 29.4 Å². The molecule has 0 amide bonds. The van der Waals surface area contributed by atoms with Gasteiger partial charge in [0.1, 0.15) is 17.8 Å². The minimum absolute atomic E-state index is 0.0794. The van der Waals surface area contributed by atoms with E-state index in [1.54, 1.807) is 66.8 Å². The van der Waals surface area contributed by atoms with Crippen molar-refractivity contribution in [2.75, 3.05) is 5.73 Å². The highest BCUT2D eigenvalue weighted by Crippen LogP contribution is 2.38. The fourth-order valence-corrected chi connectivity index (χ4v) is 10.5. The molecule has 2 saturated heterocycles. The van der Waals surface area contributed by atoms with Crippen molar-refractivity contribution < 1.29 is 89.9 Å². The Labute approximate surface area is 463 Å². The van der Waals surface area contributed by atoms with Crippen LogP contribution in [0, 0.1) is 23.7 Å². The summed E-state index contributed by atoms with van der Waals surface area (Å²) in [6.45, 7) is 5.48. The third kappa shape index (κ3) is 23.4. The standard InChI is InChI=1S/C59H88N2O18/c1-35-16-14-12-10-8-6-4-5-7-9-11-13-15-17-48(78-58-56(73)54(61)55(72)37(3)77-58)32-52-53(57(74)75)51(71)34-59(76,79-52)33-47(69)29-45(67)27-43(65)25-41(63)24-42(64)26-44(66)28-46(68)30-49(35)36(2)18-23-40(62)31-50(70)38-19-21-39(60)22-20-38/h4-17,19-22,35-37,40-45,47-49,51-56,58,62-67,69,71-73,76H,18,23-34,60-61H2,1-3H3,(H,74,75)/t35?,36?,37-,40?,41?,42?,43?,44?,45?,47?,48?,49?,51?,52?,53?,54+,55-,56+,58+,59?/m1/s1. The van der Waals surface area contributed by atoms with Crippen LogP contribution in [0.15, 0.2) is 109 Å². The van der Waals surface area contributed by atoms with Crippen molar-refractivity contribution in [2.45, 2.75) is 202 Å². The summed E-state index contributed by atoms with van der Waals surface area (Å²) in [6.07, 6.45) is 3.69. The lowest BCUT2D eigenvalue weighted by Gasteiger charge is -2.45. The predicted molar refractivity (Wildman–Crippen MR) is 294 cm³/mol. The molecule has 3 aliphatic heterocycles. The summed E-state index contributed by atoms with van der Waals surface area (Å²) in [6, 6.07) is 5.31. The van der Waals surface area contributed by atoms with E-state index >= 15 is 0 Å². The molecule has 2 bridgehead atoms. The van der Waals surface area contributed by atoms with Gasteiger partial charge in [-0.25, -0.2) is 0 Å². The van der Waals surface area contributed by atoms with Crippen LogP contribution in [0.2, 0.25) is 0 Å². The second-order valence-electron chi connectivity index (χ2n) is 21.8. The van der Waals surface area contributed by atoms with E-state index in [1.807, 2.05) is 50.3 Å². The van der Waals surface area contributed by atoms with E-state index < -0.39 is 129 Å². The number of aliphatic hydroxyl groups excluding tert-OH is 10. The fourth-order valence-electron chi connectivity index (χ4n) is 10.5. The minimum Gasteiger partial charge on any atom is -0.481 e. The maximum absolute atomic E-state index is 13.5. The quantitative estimate of drug-likeness (QED) is 0.118. The molecule has 20 atom stereocenters. The summed E-state index contributed by atoms with van der Waals surface area (Å²) in [4.78, 5) is 38.9. The first-order chi connectivity index (χ1) is 37.3. The van der Waals surface area contributed by atoms with Gasteiger partial charge < -0.3 is 87.0 Å². The number of anilines is 1. The van der Waals surface area contributed by atoms with E-state index in [-0.39, 0.29) is 80.7 Å². The number of hydrogen-bond acceptors (Lipinski definition) is 19. The van der Waals surface area contributed by atoms with Crippen LogP contribution in [0.1, 0.15) is 115 Å². The van der Waals surface area contributed by atoms with Crippen LogP contribution < -0.4 is 11.5 Å². The Morgan fingerprint density at radius 2 is 1.19 bits per heavy atom. The van der Waals surface area contributed by atoms with Crippen molar-refractivity contribution in [1.82, 2.24) is 0 Å². The predicted octanol–water partition coefficient (Wildman–Crippen LogP) is 2.74. The third-order valence-corrected chi connectivity index (χ3v) is 14.8. The van der Waals surface area contributed by atoms with E-state index in [1.165, 1.54) is 13.0 Å². The number of rotatable bonds is 10. The van der Waals surface area contributed by atoms with Crippen LogP contribution in [0.5, 0.6) is 0 Å². The Balaban J connectivity index is 1.54. The average Bonchev–Trinajstić information content (AvgIpc) is 3.35. The second-order valence-corrected chi connectivity index (χ2v) is 21.8. The van der Waals surface area contributed by atoms with Crippen LogP contribution in [-0.4, -0.2) is 176 Å². The molecule has 0 saturated carbocycles. The van der Waals surface area contributed by atoms with Gasteiger partial charge in [-0.3, -0.25) is 14.4 Å². The van der Waals surface area contributed by atoms with Gasteiger partial charge in [0.2, 0.25) is 0 Å². The maximum Gasteiger partial charge on any atom is 0.311 e. The number of hydrogen-bond donors (Lipinski definition) is 14. The summed E-state index contributed by atoms with van der Waals surface area (Å²) in [7, 11) is 0. The smallest absolute Gasteiger partial charge is 0.311 e. The number of aliphatic hydroxyl groups is 11. The van der Waals surface area contributed by atoms with Crippen LogP contribution in [0.25, 0.3) is 0 Å². The van der Waals surface area contributed by atoms with Crippen molar-refractivity contribution in [3.63, 3.8) is 0 Å². The highest BCUT2D eigenvalue weighted by molar-refractivity contribution is 5.96. The van der Waals surface area contributed by atoms with Crippen LogP contribution >= 0.6 is 0 Å². The molecule has 0 aliphatic carbocycles. The second kappa shape index (κ2) is 33.4. The van der Waals surface area contributed by atoms with Crippen LogP contribution in [-0.2, 0) is 23.8 Å². The topological polar surface area (TPSA) is 374 Å². The number of benzene rings is 1. The number of nitrogens with two attached hydrogens (primary N) is 2. The molecule has 0 spiro atoms. The SMILES string of the molecule is CC1C=CC=CC=CC=CC=CC=CC=CC(O[C@@H]2O[C@H](C)[C@@H](O)[C@H](N)[C@@H]2O)CC2OC(O)(CC(O)CC(O)CC(O)CC(O)CC(O)CC(O)CC(=O)CC1C(C)CCC(O)CC(=O)c1ccc(N)cc1)CC(O)C2C(=O)O. The fraction of sp³-hybridized carbons (Fsp3) is 0.610. The molecule has 0 radical (unpaired) electrons. The zero-order valence-electron chi connectivity index (χ0n) is 45.5. The number of aliphatic carboxylic acids is 1. The monoisotopic (exact) mass is 1110 g/mol. The summed E-state index contributed by atoms with van der Waals surface area (Å²) < 4.78 is 17.8. The van der Waals surface area contributed by atoms with Gasteiger partial charge in [0.15, 0.2) is 17.9 Å². The molecule has 0 aromatic heterocycles. The number of allylic oxidation sites excluding steroid dienone is 13. The third-order valence-electron chi connectivity index (χ3n) is 14.8. The molecule has 79 heavy (non-hydrogen) atoms. The molecular weight excluding hydrogens is 1020 g/mol. The number of ketones is 2. The number of Topliss-reactive ketones (excluding diaryl/α,β-unsaturated/α-hetero) is 2. The number of carbonyl (C=O) groups is 3. The van der Waals surface area contributed by atoms with Gasteiger partial charge in [-0.15, -0.1) is 0 Å². The van der Waals surface area contributed by atoms with Gasteiger partial charge in [-0.1, -0.05) is 98.9 Å². The molecule has 1 aromatic carbocycles. The Kier molecular flexibility index (Phi) is 28.3. The molecule has 3 aliphatic rings. The number of ether oxygens (including phenoxy) is 3. The molecule has 4 rings (SSSR count). The Bertz CT molecular complexity index is 2230. The molecule has 3 heterocycles. The van der Waals surface area contributed by atoms with Gasteiger partial charge in [-0.05, 0) is 93.9 Å². The average molecular weight is 1110 g/mol. The highest BCUT2D eigenvalue weighted by atomic mass is 16.7. The van der Waals surface area contributed by atoms with Crippen LogP contribution in [0.4, 0.5) is 5.69 Å². The van der Waals surface area contributed by atoms with Crippen molar-refractivity contribution in [3.8, 4) is 0 Å². The first-order valence-electron chi connectivity index (χ1n) is 27.4. The zero-order chi connectivity index (χ0) is 58.4. The van der Waals surface area contributed by atoms with Gasteiger partial charge in [0.05, 0.1) is 79.3 Å². The van der Waals surface area contributed by atoms with Crippen molar-refractivity contribution in [1.29, 1.82) is 0 Å². The molecule has 20 nitrogen and oxygen atoms in total. The Morgan fingerprint density at radius 1 is 0.684 bits per heavy atom. The highest BCUT2D eigenvalue weighted by Gasteiger charge is 2.51. The van der Waals surface area contributed by atoms with Gasteiger partial charge in [-0.2, -0.15) is 0 Å². The largest absolute Gasteiger partial charge is 0.481 e.